The summed E-state index contributed by atoms with van der Waals surface area (Å²) in [5.41, 5.74) is 11.9. The second-order valence-electron chi connectivity index (χ2n) is 6.20. The van der Waals surface area contributed by atoms with Gasteiger partial charge in [0, 0.05) is 21.9 Å². The van der Waals surface area contributed by atoms with Gasteiger partial charge in [-0.15, -0.1) is 0 Å². The van der Waals surface area contributed by atoms with Crippen LogP contribution in [0, 0.1) is 0 Å². The summed E-state index contributed by atoms with van der Waals surface area (Å²) in [7, 11) is 0. The molecular weight excluding hydrogens is 308 g/mol. The molecule has 3 aromatic carbocycles. The largest absolute Gasteiger partial charge is 0.455 e. The quantitative estimate of drug-likeness (QED) is 0.550. The van der Waals surface area contributed by atoms with Gasteiger partial charge in [0.1, 0.15) is 17.3 Å². The zero-order valence-corrected chi connectivity index (χ0v) is 13.5. The molecule has 1 aromatic heterocycles. The van der Waals surface area contributed by atoms with Gasteiger partial charge in [-0.1, -0.05) is 60.7 Å². The standard InChI is InChI=1S/C22H16N2O/c23-20-13-12-14-6-1-2-7-15(14)21(24-20)18-10-5-9-17-16-8-3-4-11-19(16)25-22(17)18/h1-13,20H,23H2. The highest BCUT2D eigenvalue weighted by molar-refractivity contribution is 6.22. The van der Waals surface area contributed by atoms with Gasteiger partial charge in [-0.05, 0) is 23.8 Å². The highest BCUT2D eigenvalue weighted by atomic mass is 16.3. The molecule has 120 valence electrons. The van der Waals surface area contributed by atoms with E-state index in [1.54, 1.807) is 0 Å². The first-order valence-corrected chi connectivity index (χ1v) is 8.33. The van der Waals surface area contributed by atoms with Crippen molar-refractivity contribution in [3.8, 4) is 0 Å². The molecule has 0 aliphatic carbocycles. The second kappa shape index (κ2) is 5.43. The predicted octanol–water partition coefficient (Wildman–Crippen LogP) is 4.74. The molecule has 0 saturated heterocycles. The topological polar surface area (TPSA) is 51.5 Å². The van der Waals surface area contributed by atoms with E-state index in [4.69, 9.17) is 15.1 Å². The molecular formula is C22H16N2O. The van der Waals surface area contributed by atoms with Gasteiger partial charge in [0.05, 0.1) is 5.71 Å². The summed E-state index contributed by atoms with van der Waals surface area (Å²) in [6.07, 6.45) is 3.59. The van der Waals surface area contributed by atoms with Crippen LogP contribution in [0.1, 0.15) is 16.7 Å². The fraction of sp³-hybridized carbons (Fsp3) is 0.0455. The Bertz CT molecular complexity index is 1170. The fourth-order valence-electron chi connectivity index (χ4n) is 3.47. The Hall–Kier alpha value is -3.17. The first-order valence-electron chi connectivity index (χ1n) is 8.33. The van der Waals surface area contributed by atoms with Crippen LogP contribution in [0.5, 0.6) is 0 Å². The fourth-order valence-corrected chi connectivity index (χ4v) is 3.47. The number of hydrogen-bond acceptors (Lipinski definition) is 3. The van der Waals surface area contributed by atoms with Gasteiger partial charge >= 0.3 is 0 Å². The van der Waals surface area contributed by atoms with Gasteiger partial charge in [-0.25, -0.2) is 0 Å². The lowest BCUT2D eigenvalue weighted by atomic mass is 9.96. The molecule has 4 aromatic rings. The monoisotopic (exact) mass is 324 g/mol. The number of nitrogens with zero attached hydrogens (tertiary/aromatic N) is 1. The Balaban J connectivity index is 1.84. The van der Waals surface area contributed by atoms with Crippen molar-refractivity contribution in [3.63, 3.8) is 0 Å². The van der Waals surface area contributed by atoms with Crippen LogP contribution in [-0.4, -0.2) is 11.9 Å². The number of para-hydroxylation sites is 2. The van der Waals surface area contributed by atoms with Crippen molar-refractivity contribution in [2.75, 3.05) is 0 Å². The van der Waals surface area contributed by atoms with Crippen LogP contribution in [-0.2, 0) is 0 Å². The number of fused-ring (bicyclic) bond motifs is 4. The molecule has 1 atom stereocenters. The number of hydrogen-bond donors (Lipinski definition) is 1. The number of nitrogens with two attached hydrogens (primary N) is 1. The van der Waals surface area contributed by atoms with Crippen molar-refractivity contribution in [1.29, 1.82) is 0 Å². The second-order valence-corrected chi connectivity index (χ2v) is 6.20. The molecule has 25 heavy (non-hydrogen) atoms. The summed E-state index contributed by atoms with van der Waals surface area (Å²) in [6, 6.07) is 22.5. The van der Waals surface area contributed by atoms with Crippen LogP contribution < -0.4 is 5.73 Å². The highest BCUT2D eigenvalue weighted by Gasteiger charge is 2.19. The van der Waals surface area contributed by atoms with E-state index in [9.17, 15) is 0 Å². The van der Waals surface area contributed by atoms with Crippen LogP contribution in [0.25, 0.3) is 28.0 Å². The van der Waals surface area contributed by atoms with Crippen molar-refractivity contribution in [3.05, 3.63) is 89.5 Å². The number of aliphatic imine (C=N–C) groups is 1. The molecule has 1 aliphatic rings. The van der Waals surface area contributed by atoms with E-state index in [1.165, 1.54) is 0 Å². The van der Waals surface area contributed by atoms with Crippen molar-refractivity contribution >= 4 is 33.7 Å². The zero-order valence-electron chi connectivity index (χ0n) is 13.5. The molecule has 3 heteroatoms. The van der Waals surface area contributed by atoms with Gasteiger partial charge in [-0.2, -0.15) is 0 Å². The summed E-state index contributed by atoms with van der Waals surface area (Å²) in [4.78, 5) is 4.76. The minimum absolute atomic E-state index is 0.373. The number of rotatable bonds is 1. The summed E-state index contributed by atoms with van der Waals surface area (Å²) >= 11 is 0. The average Bonchev–Trinajstić information content (AvgIpc) is 2.95. The maximum Gasteiger partial charge on any atom is 0.144 e. The molecule has 3 nitrogen and oxygen atoms in total. The third-order valence-electron chi connectivity index (χ3n) is 4.63. The molecule has 0 amide bonds. The minimum Gasteiger partial charge on any atom is -0.455 e. The molecule has 0 radical (unpaired) electrons. The van der Waals surface area contributed by atoms with E-state index in [-0.39, 0.29) is 6.17 Å². The summed E-state index contributed by atoms with van der Waals surface area (Å²) in [5.74, 6) is 0. The average molecular weight is 324 g/mol. The van der Waals surface area contributed by atoms with Crippen molar-refractivity contribution in [2.24, 2.45) is 10.7 Å². The van der Waals surface area contributed by atoms with Crippen molar-refractivity contribution < 1.29 is 4.42 Å². The lowest BCUT2D eigenvalue weighted by molar-refractivity contribution is 0.668. The van der Waals surface area contributed by atoms with Gasteiger partial charge in [0.15, 0.2) is 0 Å². The maximum absolute atomic E-state index is 6.19. The van der Waals surface area contributed by atoms with Crippen LogP contribution in [0.15, 0.2) is 82.2 Å². The third kappa shape index (κ3) is 2.21. The van der Waals surface area contributed by atoms with Gasteiger partial charge in [0.25, 0.3) is 0 Å². The third-order valence-corrected chi connectivity index (χ3v) is 4.63. The van der Waals surface area contributed by atoms with Crippen LogP contribution >= 0.6 is 0 Å². The zero-order chi connectivity index (χ0) is 16.8. The van der Waals surface area contributed by atoms with E-state index >= 15 is 0 Å². The molecule has 1 aliphatic heterocycles. The molecule has 2 heterocycles. The first-order chi connectivity index (χ1) is 12.3. The molecule has 0 saturated carbocycles. The van der Waals surface area contributed by atoms with E-state index < -0.39 is 0 Å². The summed E-state index contributed by atoms with van der Waals surface area (Å²) < 4.78 is 6.19. The van der Waals surface area contributed by atoms with Crippen molar-refractivity contribution in [1.82, 2.24) is 0 Å². The molecule has 2 N–H and O–H groups in total. The van der Waals surface area contributed by atoms with Crippen LogP contribution in [0.2, 0.25) is 0 Å². The van der Waals surface area contributed by atoms with E-state index in [2.05, 4.69) is 36.4 Å². The molecule has 0 fully saturated rings. The van der Waals surface area contributed by atoms with Gasteiger partial charge in [-0.3, -0.25) is 4.99 Å². The van der Waals surface area contributed by atoms with Crippen LogP contribution in [0.4, 0.5) is 0 Å². The van der Waals surface area contributed by atoms with E-state index in [1.807, 2.05) is 42.5 Å². The Labute approximate surface area is 145 Å². The Kier molecular flexibility index (Phi) is 3.08. The van der Waals surface area contributed by atoms with Gasteiger partial charge in [0.2, 0.25) is 0 Å². The lowest BCUT2D eigenvalue weighted by Gasteiger charge is -2.10. The van der Waals surface area contributed by atoms with Gasteiger partial charge < -0.3 is 10.2 Å². The summed E-state index contributed by atoms with van der Waals surface area (Å²) in [6.45, 7) is 0. The molecule has 1 unspecified atom stereocenters. The highest BCUT2D eigenvalue weighted by Crippen LogP contribution is 2.33. The maximum atomic E-state index is 6.19. The molecule has 5 rings (SSSR count). The van der Waals surface area contributed by atoms with E-state index in [0.717, 1.165) is 44.3 Å². The lowest BCUT2D eigenvalue weighted by Crippen LogP contribution is -2.16. The molecule has 0 bridgehead atoms. The minimum atomic E-state index is -0.373. The smallest absolute Gasteiger partial charge is 0.144 e. The van der Waals surface area contributed by atoms with Crippen molar-refractivity contribution in [2.45, 2.75) is 6.17 Å². The predicted molar refractivity (Wildman–Crippen MR) is 103 cm³/mol. The summed E-state index contributed by atoms with van der Waals surface area (Å²) in [5, 5.41) is 2.21. The molecule has 0 spiro atoms. The normalized spacial score (nSPS) is 16.7. The SMILES string of the molecule is NC1C=Cc2ccccc2C(c2cccc3c2oc2ccccc23)=N1. The Morgan fingerprint density at radius 1 is 0.800 bits per heavy atom. The number of furan rings is 1. The number of benzene rings is 3. The Morgan fingerprint density at radius 2 is 1.56 bits per heavy atom. The first kappa shape index (κ1) is 14.2. The Morgan fingerprint density at radius 3 is 2.52 bits per heavy atom. The van der Waals surface area contributed by atoms with E-state index in [0.29, 0.717) is 0 Å². The van der Waals surface area contributed by atoms with Crippen LogP contribution in [0.3, 0.4) is 0 Å².